The SMILES string of the molecule is O=C(O)c1cc(C(=O)O)cc(-c2ccc(O)c(F)c2)c1. The summed E-state index contributed by atoms with van der Waals surface area (Å²) < 4.78 is 13.3. The van der Waals surface area contributed by atoms with Crippen molar-refractivity contribution in [3.63, 3.8) is 0 Å². The van der Waals surface area contributed by atoms with Crippen molar-refractivity contribution in [2.75, 3.05) is 0 Å². The number of aromatic hydroxyl groups is 1. The molecule has 20 heavy (non-hydrogen) atoms. The second kappa shape index (κ2) is 5.00. The van der Waals surface area contributed by atoms with E-state index in [0.29, 0.717) is 0 Å². The number of phenols is 1. The summed E-state index contributed by atoms with van der Waals surface area (Å²) >= 11 is 0. The van der Waals surface area contributed by atoms with Gasteiger partial charge < -0.3 is 15.3 Å². The van der Waals surface area contributed by atoms with Crippen molar-refractivity contribution in [1.82, 2.24) is 0 Å². The van der Waals surface area contributed by atoms with Crippen molar-refractivity contribution < 1.29 is 29.3 Å². The number of carboxylic acids is 2. The fourth-order valence-electron chi connectivity index (χ4n) is 1.73. The summed E-state index contributed by atoms with van der Waals surface area (Å²) in [6.07, 6.45) is 0. The fraction of sp³-hybridized carbons (Fsp3) is 0. The number of phenolic OH excluding ortho intramolecular Hbond substituents is 1. The molecule has 3 N–H and O–H groups in total. The Kier molecular flexibility index (Phi) is 3.39. The highest BCUT2D eigenvalue weighted by molar-refractivity contribution is 5.96. The summed E-state index contributed by atoms with van der Waals surface area (Å²) in [5.41, 5.74) is 0.0777. The Balaban J connectivity index is 2.63. The molecule has 0 fully saturated rings. The van der Waals surface area contributed by atoms with Gasteiger partial charge in [-0.2, -0.15) is 0 Å². The zero-order chi connectivity index (χ0) is 14.9. The van der Waals surface area contributed by atoms with E-state index in [2.05, 4.69) is 0 Å². The molecule has 2 aromatic rings. The number of carbonyl (C=O) groups is 2. The smallest absolute Gasteiger partial charge is 0.335 e. The van der Waals surface area contributed by atoms with Gasteiger partial charge in [-0.05, 0) is 41.5 Å². The van der Waals surface area contributed by atoms with E-state index in [9.17, 15) is 14.0 Å². The van der Waals surface area contributed by atoms with Crippen LogP contribution in [0.1, 0.15) is 20.7 Å². The number of hydrogen-bond acceptors (Lipinski definition) is 3. The van der Waals surface area contributed by atoms with Gasteiger partial charge in [-0.3, -0.25) is 0 Å². The first-order valence-electron chi connectivity index (χ1n) is 5.49. The lowest BCUT2D eigenvalue weighted by molar-refractivity contribution is 0.0696. The molecule has 0 saturated heterocycles. The molecular weight excluding hydrogens is 267 g/mol. The lowest BCUT2D eigenvalue weighted by Gasteiger charge is -2.06. The highest BCUT2D eigenvalue weighted by Crippen LogP contribution is 2.26. The van der Waals surface area contributed by atoms with Gasteiger partial charge in [0.1, 0.15) is 0 Å². The Morgan fingerprint density at radius 1 is 0.850 bits per heavy atom. The van der Waals surface area contributed by atoms with Gasteiger partial charge in [-0.25, -0.2) is 14.0 Å². The zero-order valence-corrected chi connectivity index (χ0v) is 10.0. The molecule has 0 heterocycles. The van der Waals surface area contributed by atoms with Crippen molar-refractivity contribution in [1.29, 1.82) is 0 Å². The molecule has 2 rings (SSSR count). The fourth-order valence-corrected chi connectivity index (χ4v) is 1.73. The Morgan fingerprint density at radius 3 is 1.85 bits per heavy atom. The summed E-state index contributed by atoms with van der Waals surface area (Å²) in [6.45, 7) is 0. The van der Waals surface area contributed by atoms with Crippen LogP contribution >= 0.6 is 0 Å². The van der Waals surface area contributed by atoms with Crippen molar-refractivity contribution in [3.8, 4) is 16.9 Å². The van der Waals surface area contributed by atoms with E-state index in [0.717, 1.165) is 18.2 Å². The Labute approximate surface area is 112 Å². The molecule has 0 aromatic heterocycles. The minimum Gasteiger partial charge on any atom is -0.505 e. The lowest BCUT2D eigenvalue weighted by Crippen LogP contribution is -2.03. The maximum absolute atomic E-state index is 13.3. The van der Waals surface area contributed by atoms with E-state index >= 15 is 0 Å². The number of aromatic carboxylic acids is 2. The molecule has 0 radical (unpaired) electrons. The summed E-state index contributed by atoms with van der Waals surface area (Å²) in [6, 6.07) is 6.97. The number of hydrogen-bond donors (Lipinski definition) is 3. The molecule has 0 saturated carbocycles. The standard InChI is InChI=1S/C14H9FO5/c15-11-6-7(1-2-12(11)16)8-3-9(13(17)18)5-10(4-8)14(19)20/h1-6,16H,(H,17,18)(H,19,20). The van der Waals surface area contributed by atoms with Gasteiger partial charge in [-0.1, -0.05) is 6.07 Å². The van der Waals surface area contributed by atoms with E-state index in [4.69, 9.17) is 15.3 Å². The molecule has 0 atom stereocenters. The molecule has 0 aliphatic carbocycles. The van der Waals surface area contributed by atoms with Crippen LogP contribution < -0.4 is 0 Å². The first-order valence-corrected chi connectivity index (χ1v) is 5.49. The summed E-state index contributed by atoms with van der Waals surface area (Å²) in [5.74, 6) is -3.98. The van der Waals surface area contributed by atoms with Gasteiger partial charge >= 0.3 is 11.9 Å². The summed E-state index contributed by atoms with van der Waals surface area (Å²) in [4.78, 5) is 21.9. The first kappa shape index (κ1) is 13.5. The third kappa shape index (κ3) is 2.59. The van der Waals surface area contributed by atoms with Crippen LogP contribution in [0.2, 0.25) is 0 Å². The zero-order valence-electron chi connectivity index (χ0n) is 10.0. The monoisotopic (exact) mass is 276 g/mol. The molecule has 0 amide bonds. The number of halogens is 1. The van der Waals surface area contributed by atoms with Crippen LogP contribution in [0, 0.1) is 5.82 Å². The van der Waals surface area contributed by atoms with E-state index in [1.807, 2.05) is 0 Å². The second-order valence-electron chi connectivity index (χ2n) is 4.08. The van der Waals surface area contributed by atoms with Gasteiger partial charge in [0.25, 0.3) is 0 Å². The first-order chi connectivity index (χ1) is 9.38. The van der Waals surface area contributed by atoms with Crippen molar-refractivity contribution in [3.05, 3.63) is 53.3 Å². The van der Waals surface area contributed by atoms with Crippen LogP contribution in [0.25, 0.3) is 11.1 Å². The maximum atomic E-state index is 13.3. The van der Waals surface area contributed by atoms with E-state index in [1.165, 1.54) is 18.2 Å². The minimum atomic E-state index is -1.28. The molecule has 0 unspecified atom stereocenters. The van der Waals surface area contributed by atoms with Crippen LogP contribution in [0.3, 0.4) is 0 Å². The summed E-state index contributed by atoms with van der Waals surface area (Å²) in [7, 11) is 0. The third-order valence-corrected chi connectivity index (χ3v) is 2.71. The molecule has 0 aliphatic rings. The molecule has 0 bridgehead atoms. The van der Waals surface area contributed by atoms with Crippen LogP contribution in [-0.4, -0.2) is 27.3 Å². The predicted octanol–water partition coefficient (Wildman–Crippen LogP) is 2.59. The average molecular weight is 276 g/mol. The lowest BCUT2D eigenvalue weighted by atomic mass is 9.99. The van der Waals surface area contributed by atoms with E-state index in [-0.39, 0.29) is 22.3 Å². The molecule has 2 aromatic carbocycles. The van der Waals surface area contributed by atoms with E-state index in [1.54, 1.807) is 0 Å². The number of rotatable bonds is 3. The topological polar surface area (TPSA) is 94.8 Å². The second-order valence-corrected chi connectivity index (χ2v) is 4.08. The maximum Gasteiger partial charge on any atom is 0.335 e. The van der Waals surface area contributed by atoms with Crippen LogP contribution in [-0.2, 0) is 0 Å². The molecule has 0 spiro atoms. The van der Waals surface area contributed by atoms with Crippen LogP contribution in [0.4, 0.5) is 4.39 Å². The third-order valence-electron chi connectivity index (χ3n) is 2.71. The van der Waals surface area contributed by atoms with Crippen molar-refractivity contribution >= 4 is 11.9 Å². The van der Waals surface area contributed by atoms with Gasteiger partial charge in [-0.15, -0.1) is 0 Å². The average Bonchev–Trinajstić information content (AvgIpc) is 2.41. The number of carboxylic acid groups (broad SMARTS) is 2. The van der Waals surface area contributed by atoms with Gasteiger partial charge in [0.15, 0.2) is 11.6 Å². The highest BCUT2D eigenvalue weighted by atomic mass is 19.1. The van der Waals surface area contributed by atoms with Gasteiger partial charge in [0.05, 0.1) is 11.1 Å². The quantitative estimate of drug-likeness (QED) is 0.800. The van der Waals surface area contributed by atoms with Crippen molar-refractivity contribution in [2.24, 2.45) is 0 Å². The molecule has 102 valence electrons. The highest BCUT2D eigenvalue weighted by Gasteiger charge is 2.13. The van der Waals surface area contributed by atoms with Gasteiger partial charge in [0, 0.05) is 0 Å². The molecule has 5 nitrogen and oxygen atoms in total. The minimum absolute atomic E-state index is 0.214. The van der Waals surface area contributed by atoms with Gasteiger partial charge in [0.2, 0.25) is 0 Å². The molecule has 6 heteroatoms. The molecule has 0 aliphatic heterocycles. The predicted molar refractivity (Wildman–Crippen MR) is 67.4 cm³/mol. The molecular formula is C14H9FO5. The Hall–Kier alpha value is -2.89. The number of benzene rings is 2. The Morgan fingerprint density at radius 2 is 1.40 bits per heavy atom. The van der Waals surface area contributed by atoms with Crippen molar-refractivity contribution in [2.45, 2.75) is 0 Å². The summed E-state index contributed by atoms with van der Waals surface area (Å²) in [5, 5.41) is 27.0. The Bertz CT molecular complexity index is 676. The van der Waals surface area contributed by atoms with Crippen LogP contribution in [0.15, 0.2) is 36.4 Å². The normalized spacial score (nSPS) is 10.2. The van der Waals surface area contributed by atoms with E-state index < -0.39 is 23.5 Å². The largest absolute Gasteiger partial charge is 0.505 e. The van der Waals surface area contributed by atoms with Crippen LogP contribution in [0.5, 0.6) is 5.75 Å².